The summed E-state index contributed by atoms with van der Waals surface area (Å²) in [7, 11) is 1.80. The van der Waals surface area contributed by atoms with Crippen molar-refractivity contribution < 1.29 is 14.3 Å². The van der Waals surface area contributed by atoms with Crippen molar-refractivity contribution in [2.24, 2.45) is 0 Å². The van der Waals surface area contributed by atoms with Crippen LogP contribution < -0.4 is 4.90 Å². The van der Waals surface area contributed by atoms with Crippen LogP contribution in [0.25, 0.3) is 0 Å². The van der Waals surface area contributed by atoms with Gasteiger partial charge in [-0.2, -0.15) is 0 Å². The molecule has 0 aliphatic rings. The second-order valence-electron chi connectivity index (χ2n) is 4.74. The molecule has 0 saturated heterocycles. The molecule has 0 atom stereocenters. The zero-order valence-corrected chi connectivity index (χ0v) is 11.4. The fourth-order valence-corrected chi connectivity index (χ4v) is 1.99. The standard InChI is InChI=1S/C16H16FNO2/c1-11(19)12-6-7-16(20)13(8-12)10-18(2)15-5-3-4-14(17)9-15/h3-9,20H,10H2,1-2H3. The molecule has 20 heavy (non-hydrogen) atoms. The number of halogens is 1. The predicted octanol–water partition coefficient (Wildman–Crippen LogP) is 3.37. The van der Waals surface area contributed by atoms with Gasteiger partial charge in [-0.1, -0.05) is 6.07 Å². The largest absolute Gasteiger partial charge is 0.508 e. The van der Waals surface area contributed by atoms with Crippen LogP contribution in [-0.4, -0.2) is 17.9 Å². The van der Waals surface area contributed by atoms with Crippen molar-refractivity contribution in [2.75, 3.05) is 11.9 Å². The van der Waals surface area contributed by atoms with Gasteiger partial charge in [0.25, 0.3) is 0 Å². The minimum absolute atomic E-state index is 0.0559. The van der Waals surface area contributed by atoms with E-state index < -0.39 is 0 Å². The lowest BCUT2D eigenvalue weighted by Crippen LogP contribution is -2.16. The summed E-state index contributed by atoms with van der Waals surface area (Å²) >= 11 is 0. The Bertz CT molecular complexity index is 640. The third-order valence-corrected chi connectivity index (χ3v) is 3.14. The quantitative estimate of drug-likeness (QED) is 0.868. The first kappa shape index (κ1) is 14.1. The molecule has 1 N–H and O–H groups in total. The Kier molecular flexibility index (Phi) is 4.03. The maximum absolute atomic E-state index is 13.2. The van der Waals surface area contributed by atoms with Crippen LogP contribution in [0.2, 0.25) is 0 Å². The maximum atomic E-state index is 13.2. The average molecular weight is 273 g/mol. The van der Waals surface area contributed by atoms with Crippen molar-refractivity contribution in [3.05, 3.63) is 59.4 Å². The van der Waals surface area contributed by atoms with E-state index >= 15 is 0 Å². The SMILES string of the molecule is CC(=O)c1ccc(O)c(CN(C)c2cccc(F)c2)c1. The molecule has 0 aliphatic carbocycles. The molecule has 2 rings (SSSR count). The molecule has 0 heterocycles. The van der Waals surface area contributed by atoms with Crippen molar-refractivity contribution >= 4 is 11.5 Å². The Morgan fingerprint density at radius 3 is 2.65 bits per heavy atom. The van der Waals surface area contributed by atoms with Gasteiger partial charge >= 0.3 is 0 Å². The van der Waals surface area contributed by atoms with E-state index in [1.54, 1.807) is 31.3 Å². The van der Waals surface area contributed by atoms with Crippen LogP contribution in [0.1, 0.15) is 22.8 Å². The van der Waals surface area contributed by atoms with Crippen LogP contribution in [-0.2, 0) is 6.54 Å². The number of carbonyl (C=O) groups is 1. The summed E-state index contributed by atoms with van der Waals surface area (Å²) in [5, 5.41) is 9.86. The molecule has 2 aromatic carbocycles. The Morgan fingerprint density at radius 2 is 2.00 bits per heavy atom. The second kappa shape index (κ2) is 5.74. The molecule has 0 bridgehead atoms. The van der Waals surface area contributed by atoms with E-state index in [1.165, 1.54) is 25.1 Å². The van der Waals surface area contributed by atoms with Gasteiger partial charge in [-0.3, -0.25) is 4.79 Å². The Balaban J connectivity index is 2.25. The van der Waals surface area contributed by atoms with Gasteiger partial charge in [0.05, 0.1) is 0 Å². The zero-order chi connectivity index (χ0) is 14.7. The molecular weight excluding hydrogens is 257 g/mol. The van der Waals surface area contributed by atoms with Crippen molar-refractivity contribution in [1.82, 2.24) is 0 Å². The van der Waals surface area contributed by atoms with Crippen molar-refractivity contribution in [1.29, 1.82) is 0 Å². The summed E-state index contributed by atoms with van der Waals surface area (Å²) in [6.45, 7) is 1.86. The highest BCUT2D eigenvalue weighted by molar-refractivity contribution is 5.94. The third kappa shape index (κ3) is 3.15. The van der Waals surface area contributed by atoms with Gasteiger partial charge in [0, 0.05) is 30.4 Å². The first-order valence-electron chi connectivity index (χ1n) is 6.27. The third-order valence-electron chi connectivity index (χ3n) is 3.14. The number of hydrogen-bond donors (Lipinski definition) is 1. The van der Waals surface area contributed by atoms with Crippen LogP contribution >= 0.6 is 0 Å². The highest BCUT2D eigenvalue weighted by Crippen LogP contribution is 2.23. The van der Waals surface area contributed by atoms with Gasteiger partial charge in [-0.25, -0.2) is 4.39 Å². The average Bonchev–Trinajstić information content (AvgIpc) is 2.41. The fraction of sp³-hybridized carbons (Fsp3) is 0.188. The van der Waals surface area contributed by atoms with Gasteiger partial charge in [0.1, 0.15) is 11.6 Å². The molecule has 104 valence electrons. The number of hydrogen-bond acceptors (Lipinski definition) is 3. The van der Waals surface area contributed by atoms with E-state index in [0.717, 1.165) is 0 Å². The smallest absolute Gasteiger partial charge is 0.159 e. The minimum Gasteiger partial charge on any atom is -0.508 e. The number of nitrogens with zero attached hydrogens (tertiary/aromatic N) is 1. The lowest BCUT2D eigenvalue weighted by molar-refractivity contribution is 0.101. The van der Waals surface area contributed by atoms with E-state index in [0.29, 0.717) is 23.4 Å². The van der Waals surface area contributed by atoms with E-state index in [2.05, 4.69) is 0 Å². The highest BCUT2D eigenvalue weighted by Gasteiger charge is 2.09. The minimum atomic E-state index is -0.309. The van der Waals surface area contributed by atoms with Gasteiger partial charge in [-0.05, 0) is 43.3 Å². The maximum Gasteiger partial charge on any atom is 0.159 e. The lowest BCUT2D eigenvalue weighted by atomic mass is 10.1. The van der Waals surface area contributed by atoms with Crippen LogP contribution in [0.15, 0.2) is 42.5 Å². The first-order chi connectivity index (χ1) is 9.47. The number of phenols is 1. The van der Waals surface area contributed by atoms with Crippen molar-refractivity contribution in [2.45, 2.75) is 13.5 Å². The first-order valence-corrected chi connectivity index (χ1v) is 6.27. The number of rotatable bonds is 4. The second-order valence-corrected chi connectivity index (χ2v) is 4.74. The summed E-state index contributed by atoms with van der Waals surface area (Å²) in [6.07, 6.45) is 0. The Labute approximate surface area is 117 Å². The summed E-state index contributed by atoms with van der Waals surface area (Å²) in [5.41, 5.74) is 1.88. The fourth-order valence-electron chi connectivity index (χ4n) is 1.99. The van der Waals surface area contributed by atoms with Gasteiger partial charge in [-0.15, -0.1) is 0 Å². The molecule has 0 aliphatic heterocycles. The molecule has 0 spiro atoms. The molecule has 0 radical (unpaired) electrons. The number of benzene rings is 2. The molecule has 3 nitrogen and oxygen atoms in total. The predicted molar refractivity (Wildman–Crippen MR) is 76.6 cm³/mol. The van der Waals surface area contributed by atoms with Crippen LogP contribution in [0.3, 0.4) is 0 Å². The monoisotopic (exact) mass is 273 g/mol. The van der Waals surface area contributed by atoms with E-state index in [4.69, 9.17) is 0 Å². The van der Waals surface area contributed by atoms with Gasteiger partial charge < -0.3 is 10.0 Å². The molecule has 0 aromatic heterocycles. The van der Waals surface area contributed by atoms with Crippen LogP contribution in [0.5, 0.6) is 5.75 Å². The van der Waals surface area contributed by atoms with Gasteiger partial charge in [0.15, 0.2) is 5.78 Å². The van der Waals surface area contributed by atoms with Gasteiger partial charge in [0.2, 0.25) is 0 Å². The number of anilines is 1. The lowest BCUT2D eigenvalue weighted by Gasteiger charge is -2.20. The Hall–Kier alpha value is -2.36. The molecule has 4 heteroatoms. The normalized spacial score (nSPS) is 10.3. The summed E-state index contributed by atoms with van der Waals surface area (Å²) in [6, 6.07) is 11.0. The number of Topliss-reactive ketones (excluding diaryl/α,β-unsaturated/α-hetero) is 1. The molecule has 0 saturated carbocycles. The van der Waals surface area contributed by atoms with E-state index in [1.807, 2.05) is 4.90 Å². The molecule has 0 fully saturated rings. The van der Waals surface area contributed by atoms with Crippen LogP contribution in [0, 0.1) is 5.82 Å². The molecular formula is C16H16FNO2. The topological polar surface area (TPSA) is 40.5 Å². The van der Waals surface area contributed by atoms with Crippen molar-refractivity contribution in [3.8, 4) is 5.75 Å². The molecule has 2 aromatic rings. The summed E-state index contributed by atoms with van der Waals surface area (Å²) in [4.78, 5) is 13.2. The molecule has 0 unspecified atom stereocenters. The van der Waals surface area contributed by atoms with Crippen molar-refractivity contribution in [3.63, 3.8) is 0 Å². The number of ketones is 1. The number of aromatic hydroxyl groups is 1. The summed E-state index contributed by atoms with van der Waals surface area (Å²) in [5.74, 6) is -0.242. The molecule has 0 amide bonds. The van der Waals surface area contributed by atoms with E-state index in [-0.39, 0.29) is 17.3 Å². The number of carbonyl (C=O) groups excluding carboxylic acids is 1. The Morgan fingerprint density at radius 1 is 1.25 bits per heavy atom. The highest BCUT2D eigenvalue weighted by atomic mass is 19.1. The van der Waals surface area contributed by atoms with Crippen LogP contribution in [0.4, 0.5) is 10.1 Å². The summed E-state index contributed by atoms with van der Waals surface area (Å²) < 4.78 is 13.2. The number of phenolic OH excluding ortho intramolecular Hbond substituents is 1. The van der Waals surface area contributed by atoms with E-state index in [9.17, 15) is 14.3 Å². The zero-order valence-electron chi connectivity index (χ0n) is 11.4.